The lowest BCUT2D eigenvalue weighted by Gasteiger charge is -2.16. The van der Waals surface area contributed by atoms with E-state index in [0.29, 0.717) is 19.4 Å². The fourth-order valence-electron chi connectivity index (χ4n) is 2.09. The van der Waals surface area contributed by atoms with Crippen molar-refractivity contribution >= 4 is 16.7 Å². The number of benzene rings is 2. The molecular formula is C16H19NO2. The molecule has 0 aromatic heterocycles. The third-order valence-corrected chi connectivity index (χ3v) is 3.25. The van der Waals surface area contributed by atoms with Crippen LogP contribution in [0.4, 0.5) is 0 Å². The number of carbonyl (C=O) groups excluding carboxylic acids is 1. The molecule has 19 heavy (non-hydrogen) atoms. The molecule has 3 nitrogen and oxygen atoms in total. The minimum Gasteiger partial charge on any atom is -0.396 e. The largest absolute Gasteiger partial charge is 0.396 e. The maximum atomic E-state index is 12.0. The Labute approximate surface area is 113 Å². The predicted molar refractivity (Wildman–Crippen MR) is 77.0 cm³/mol. The standard InChI is InChI=1S/C16H19NO2/c1-17(9-4-10-18)16(19)12-13-7-8-14-5-2-3-6-15(14)11-13/h2-3,5-8,11,18H,4,9-10,12H2,1H3. The molecule has 100 valence electrons. The molecule has 0 heterocycles. The van der Waals surface area contributed by atoms with E-state index in [1.165, 1.54) is 5.39 Å². The van der Waals surface area contributed by atoms with Crippen molar-refractivity contribution in [1.29, 1.82) is 0 Å². The zero-order chi connectivity index (χ0) is 13.7. The molecule has 2 rings (SSSR count). The molecule has 0 aliphatic rings. The number of hydrogen-bond acceptors (Lipinski definition) is 2. The highest BCUT2D eigenvalue weighted by molar-refractivity contribution is 5.85. The van der Waals surface area contributed by atoms with Crippen LogP contribution in [0, 0.1) is 0 Å². The minimum atomic E-state index is 0.0868. The van der Waals surface area contributed by atoms with Crippen LogP contribution in [0.1, 0.15) is 12.0 Å². The number of rotatable bonds is 5. The third-order valence-electron chi connectivity index (χ3n) is 3.25. The van der Waals surface area contributed by atoms with Gasteiger partial charge in [-0.15, -0.1) is 0 Å². The van der Waals surface area contributed by atoms with Crippen LogP contribution in [-0.4, -0.2) is 36.1 Å². The van der Waals surface area contributed by atoms with Crippen LogP contribution in [0.15, 0.2) is 42.5 Å². The number of nitrogens with zero attached hydrogens (tertiary/aromatic N) is 1. The summed E-state index contributed by atoms with van der Waals surface area (Å²) in [5.74, 6) is 0.0868. The van der Waals surface area contributed by atoms with Crippen molar-refractivity contribution in [3.05, 3.63) is 48.0 Å². The zero-order valence-electron chi connectivity index (χ0n) is 11.2. The van der Waals surface area contributed by atoms with Gasteiger partial charge in [0.1, 0.15) is 0 Å². The van der Waals surface area contributed by atoms with Crippen molar-refractivity contribution in [3.8, 4) is 0 Å². The molecule has 0 atom stereocenters. The van der Waals surface area contributed by atoms with E-state index in [1.807, 2.05) is 24.3 Å². The van der Waals surface area contributed by atoms with E-state index in [-0.39, 0.29) is 12.5 Å². The van der Waals surface area contributed by atoms with Crippen LogP contribution in [0.5, 0.6) is 0 Å². The smallest absolute Gasteiger partial charge is 0.226 e. The van der Waals surface area contributed by atoms with E-state index in [0.717, 1.165) is 10.9 Å². The molecule has 0 spiro atoms. The molecule has 0 saturated carbocycles. The Bertz CT molecular complexity index is 565. The first-order chi connectivity index (χ1) is 9.20. The molecule has 1 N–H and O–H groups in total. The summed E-state index contributed by atoms with van der Waals surface area (Å²) in [5.41, 5.74) is 1.03. The number of aliphatic hydroxyl groups is 1. The van der Waals surface area contributed by atoms with Crippen LogP contribution in [0.2, 0.25) is 0 Å². The van der Waals surface area contributed by atoms with Crippen LogP contribution < -0.4 is 0 Å². The van der Waals surface area contributed by atoms with E-state index >= 15 is 0 Å². The van der Waals surface area contributed by atoms with Crippen LogP contribution >= 0.6 is 0 Å². The summed E-state index contributed by atoms with van der Waals surface area (Å²) in [7, 11) is 1.78. The highest BCUT2D eigenvalue weighted by atomic mass is 16.3. The first-order valence-electron chi connectivity index (χ1n) is 6.53. The number of aliphatic hydroxyl groups excluding tert-OH is 1. The average Bonchev–Trinajstić information content (AvgIpc) is 2.44. The Balaban J connectivity index is 2.06. The fourth-order valence-corrected chi connectivity index (χ4v) is 2.09. The lowest BCUT2D eigenvalue weighted by molar-refractivity contribution is -0.129. The highest BCUT2D eigenvalue weighted by Gasteiger charge is 2.09. The summed E-state index contributed by atoms with van der Waals surface area (Å²) in [6, 6.07) is 14.2. The van der Waals surface area contributed by atoms with E-state index < -0.39 is 0 Å². The third kappa shape index (κ3) is 3.55. The number of likely N-dealkylation sites (N-methyl/N-ethyl adjacent to an activating group) is 1. The molecule has 3 heteroatoms. The van der Waals surface area contributed by atoms with Gasteiger partial charge in [0.25, 0.3) is 0 Å². The van der Waals surface area contributed by atoms with E-state index in [2.05, 4.69) is 18.2 Å². The molecule has 0 unspecified atom stereocenters. The van der Waals surface area contributed by atoms with Gasteiger partial charge >= 0.3 is 0 Å². The number of amides is 1. The van der Waals surface area contributed by atoms with E-state index in [1.54, 1.807) is 11.9 Å². The maximum absolute atomic E-state index is 12.0. The number of hydrogen-bond donors (Lipinski definition) is 1. The SMILES string of the molecule is CN(CCCO)C(=O)Cc1ccc2ccccc2c1. The van der Waals surface area contributed by atoms with Crippen LogP contribution in [-0.2, 0) is 11.2 Å². The van der Waals surface area contributed by atoms with Crippen molar-refractivity contribution in [1.82, 2.24) is 4.90 Å². The van der Waals surface area contributed by atoms with Crippen molar-refractivity contribution in [2.45, 2.75) is 12.8 Å². The lowest BCUT2D eigenvalue weighted by atomic mass is 10.0. The molecule has 0 aliphatic heterocycles. The average molecular weight is 257 g/mol. The molecule has 0 bridgehead atoms. The van der Waals surface area contributed by atoms with Gasteiger partial charge in [0, 0.05) is 20.2 Å². The van der Waals surface area contributed by atoms with E-state index in [4.69, 9.17) is 5.11 Å². The summed E-state index contributed by atoms with van der Waals surface area (Å²) >= 11 is 0. The van der Waals surface area contributed by atoms with Crippen LogP contribution in [0.3, 0.4) is 0 Å². The molecular weight excluding hydrogens is 238 g/mol. The summed E-state index contributed by atoms with van der Waals surface area (Å²) in [5, 5.41) is 11.1. The van der Waals surface area contributed by atoms with Gasteiger partial charge in [-0.2, -0.15) is 0 Å². The Hall–Kier alpha value is -1.87. The predicted octanol–water partition coefficient (Wildman–Crippen LogP) is 2.22. The van der Waals surface area contributed by atoms with Crippen molar-refractivity contribution < 1.29 is 9.90 Å². The lowest BCUT2D eigenvalue weighted by Crippen LogP contribution is -2.29. The zero-order valence-corrected chi connectivity index (χ0v) is 11.2. The highest BCUT2D eigenvalue weighted by Crippen LogP contribution is 2.16. The molecule has 2 aromatic carbocycles. The van der Waals surface area contributed by atoms with Crippen molar-refractivity contribution in [3.63, 3.8) is 0 Å². The summed E-state index contributed by atoms with van der Waals surface area (Å²) in [6.07, 6.45) is 1.03. The van der Waals surface area contributed by atoms with Gasteiger partial charge in [0.05, 0.1) is 6.42 Å². The topological polar surface area (TPSA) is 40.5 Å². The van der Waals surface area contributed by atoms with Gasteiger partial charge < -0.3 is 10.0 Å². The van der Waals surface area contributed by atoms with Gasteiger partial charge in [-0.05, 0) is 22.8 Å². The summed E-state index contributed by atoms with van der Waals surface area (Å²) in [6.45, 7) is 0.719. The van der Waals surface area contributed by atoms with Gasteiger partial charge in [0.2, 0.25) is 5.91 Å². The summed E-state index contributed by atoms with van der Waals surface area (Å²) < 4.78 is 0. The second-order valence-electron chi connectivity index (χ2n) is 4.75. The minimum absolute atomic E-state index is 0.0868. The van der Waals surface area contributed by atoms with Crippen molar-refractivity contribution in [2.24, 2.45) is 0 Å². The normalized spacial score (nSPS) is 10.6. The quantitative estimate of drug-likeness (QED) is 0.892. The molecule has 0 fully saturated rings. The molecule has 0 aliphatic carbocycles. The Morgan fingerprint density at radius 3 is 2.63 bits per heavy atom. The van der Waals surface area contributed by atoms with Crippen LogP contribution in [0.25, 0.3) is 10.8 Å². The second kappa shape index (κ2) is 6.34. The number of fused-ring (bicyclic) bond motifs is 1. The fraction of sp³-hybridized carbons (Fsp3) is 0.312. The molecule has 0 radical (unpaired) electrons. The Kier molecular flexibility index (Phi) is 4.53. The summed E-state index contributed by atoms with van der Waals surface area (Å²) in [4.78, 5) is 13.7. The van der Waals surface area contributed by atoms with Gasteiger partial charge in [-0.3, -0.25) is 4.79 Å². The molecule has 1 amide bonds. The molecule has 2 aromatic rings. The Morgan fingerprint density at radius 1 is 1.16 bits per heavy atom. The van der Waals surface area contributed by atoms with Gasteiger partial charge in [0.15, 0.2) is 0 Å². The number of carbonyl (C=O) groups is 1. The first-order valence-corrected chi connectivity index (χ1v) is 6.53. The van der Waals surface area contributed by atoms with Gasteiger partial charge in [-0.1, -0.05) is 42.5 Å². The Morgan fingerprint density at radius 2 is 1.89 bits per heavy atom. The van der Waals surface area contributed by atoms with Gasteiger partial charge in [-0.25, -0.2) is 0 Å². The maximum Gasteiger partial charge on any atom is 0.226 e. The first kappa shape index (κ1) is 13.6. The second-order valence-corrected chi connectivity index (χ2v) is 4.75. The van der Waals surface area contributed by atoms with Crippen molar-refractivity contribution in [2.75, 3.05) is 20.2 Å². The molecule has 0 saturated heterocycles. The van der Waals surface area contributed by atoms with E-state index in [9.17, 15) is 4.79 Å². The monoisotopic (exact) mass is 257 g/mol.